The number of rotatable bonds is 6. The van der Waals surface area contributed by atoms with Crippen LogP contribution in [0.2, 0.25) is 0 Å². The average Bonchev–Trinajstić information content (AvgIpc) is 2.01. The standard InChI is InChI=1S/C9H17NO2/c1-4-5-12-7-9(11)10-6-8(2)3/h2,4-7H2,1,3H3,(H,10,11). The van der Waals surface area contributed by atoms with E-state index in [0.29, 0.717) is 13.2 Å². The van der Waals surface area contributed by atoms with Crippen molar-refractivity contribution in [3.05, 3.63) is 12.2 Å². The van der Waals surface area contributed by atoms with Crippen molar-refractivity contribution >= 4 is 5.91 Å². The SMILES string of the molecule is C=C(C)CNC(=O)COCCC. The zero-order valence-electron chi connectivity index (χ0n) is 7.85. The summed E-state index contributed by atoms with van der Waals surface area (Å²) in [5.74, 6) is -0.0774. The Hall–Kier alpha value is -0.830. The molecular weight excluding hydrogens is 154 g/mol. The Morgan fingerprint density at radius 1 is 1.58 bits per heavy atom. The highest BCUT2D eigenvalue weighted by Crippen LogP contribution is 1.83. The fourth-order valence-corrected chi connectivity index (χ4v) is 0.610. The minimum atomic E-state index is -0.0774. The smallest absolute Gasteiger partial charge is 0.246 e. The Bertz CT molecular complexity index is 155. The second kappa shape index (κ2) is 6.85. The second-order valence-corrected chi connectivity index (χ2v) is 2.79. The number of amides is 1. The van der Waals surface area contributed by atoms with Crippen molar-refractivity contribution < 1.29 is 9.53 Å². The van der Waals surface area contributed by atoms with Gasteiger partial charge in [0.1, 0.15) is 6.61 Å². The number of hydrogen-bond acceptors (Lipinski definition) is 2. The minimum Gasteiger partial charge on any atom is -0.372 e. The maximum absolute atomic E-state index is 10.9. The third-order valence-corrected chi connectivity index (χ3v) is 1.17. The van der Waals surface area contributed by atoms with E-state index in [0.717, 1.165) is 12.0 Å². The first-order valence-electron chi connectivity index (χ1n) is 4.15. The van der Waals surface area contributed by atoms with Gasteiger partial charge in [-0.2, -0.15) is 0 Å². The molecular formula is C9H17NO2. The molecule has 0 atom stereocenters. The number of carbonyl (C=O) groups excluding carboxylic acids is 1. The van der Waals surface area contributed by atoms with Gasteiger partial charge in [-0.3, -0.25) is 4.79 Å². The van der Waals surface area contributed by atoms with Crippen LogP contribution in [0.25, 0.3) is 0 Å². The largest absolute Gasteiger partial charge is 0.372 e. The summed E-state index contributed by atoms with van der Waals surface area (Å²) >= 11 is 0. The second-order valence-electron chi connectivity index (χ2n) is 2.79. The molecule has 0 rings (SSSR count). The fraction of sp³-hybridized carbons (Fsp3) is 0.667. The van der Waals surface area contributed by atoms with Crippen LogP contribution in [0, 0.1) is 0 Å². The van der Waals surface area contributed by atoms with E-state index in [9.17, 15) is 4.79 Å². The van der Waals surface area contributed by atoms with Gasteiger partial charge in [0.15, 0.2) is 0 Å². The van der Waals surface area contributed by atoms with Crippen LogP contribution in [0.15, 0.2) is 12.2 Å². The van der Waals surface area contributed by atoms with Crippen LogP contribution in [0.4, 0.5) is 0 Å². The minimum absolute atomic E-state index is 0.0774. The van der Waals surface area contributed by atoms with E-state index in [-0.39, 0.29) is 12.5 Å². The molecule has 0 aromatic rings. The summed E-state index contributed by atoms with van der Waals surface area (Å²) in [5, 5.41) is 2.68. The first-order valence-corrected chi connectivity index (χ1v) is 4.15. The van der Waals surface area contributed by atoms with Gasteiger partial charge < -0.3 is 10.1 Å². The highest BCUT2D eigenvalue weighted by molar-refractivity contribution is 5.77. The predicted molar refractivity (Wildman–Crippen MR) is 48.9 cm³/mol. The molecule has 0 saturated carbocycles. The summed E-state index contributed by atoms with van der Waals surface area (Å²) in [6.07, 6.45) is 0.938. The Balaban J connectivity index is 3.28. The van der Waals surface area contributed by atoms with Crippen molar-refractivity contribution in [3.8, 4) is 0 Å². The van der Waals surface area contributed by atoms with Crippen LogP contribution in [0.5, 0.6) is 0 Å². The van der Waals surface area contributed by atoms with Crippen molar-refractivity contribution in [2.75, 3.05) is 19.8 Å². The zero-order chi connectivity index (χ0) is 9.40. The van der Waals surface area contributed by atoms with E-state index in [2.05, 4.69) is 11.9 Å². The maximum Gasteiger partial charge on any atom is 0.246 e. The summed E-state index contributed by atoms with van der Waals surface area (Å²) in [7, 11) is 0. The van der Waals surface area contributed by atoms with Crippen molar-refractivity contribution in [1.29, 1.82) is 0 Å². The normalized spacial score (nSPS) is 9.50. The lowest BCUT2D eigenvalue weighted by Crippen LogP contribution is -2.28. The third-order valence-electron chi connectivity index (χ3n) is 1.17. The van der Waals surface area contributed by atoms with Crippen LogP contribution in [0.1, 0.15) is 20.3 Å². The Labute approximate surface area is 73.8 Å². The molecule has 0 saturated heterocycles. The third kappa shape index (κ3) is 7.28. The summed E-state index contributed by atoms with van der Waals surface area (Å²) in [6.45, 7) is 8.87. The molecule has 0 spiro atoms. The summed E-state index contributed by atoms with van der Waals surface area (Å²) < 4.78 is 5.04. The van der Waals surface area contributed by atoms with Gasteiger partial charge in [0, 0.05) is 13.2 Å². The molecule has 0 fully saturated rings. The lowest BCUT2D eigenvalue weighted by Gasteiger charge is -2.04. The molecule has 0 aliphatic rings. The van der Waals surface area contributed by atoms with Crippen molar-refractivity contribution in [1.82, 2.24) is 5.32 Å². The van der Waals surface area contributed by atoms with E-state index in [4.69, 9.17) is 4.74 Å². The van der Waals surface area contributed by atoms with Crippen LogP contribution in [0.3, 0.4) is 0 Å². The molecule has 0 radical (unpaired) electrons. The van der Waals surface area contributed by atoms with Crippen molar-refractivity contribution in [3.63, 3.8) is 0 Å². The molecule has 0 bridgehead atoms. The Morgan fingerprint density at radius 3 is 2.75 bits per heavy atom. The van der Waals surface area contributed by atoms with E-state index >= 15 is 0 Å². The summed E-state index contributed by atoms with van der Waals surface area (Å²) in [6, 6.07) is 0. The van der Waals surface area contributed by atoms with Gasteiger partial charge in [0.2, 0.25) is 5.91 Å². The van der Waals surface area contributed by atoms with Gasteiger partial charge in [0.25, 0.3) is 0 Å². The molecule has 0 aliphatic heterocycles. The number of nitrogens with one attached hydrogen (secondary N) is 1. The van der Waals surface area contributed by atoms with Gasteiger partial charge >= 0.3 is 0 Å². The molecule has 12 heavy (non-hydrogen) atoms. The zero-order valence-corrected chi connectivity index (χ0v) is 7.85. The topological polar surface area (TPSA) is 38.3 Å². The lowest BCUT2D eigenvalue weighted by atomic mass is 10.3. The van der Waals surface area contributed by atoms with Gasteiger partial charge in [-0.25, -0.2) is 0 Å². The molecule has 0 aromatic heterocycles. The van der Waals surface area contributed by atoms with Crippen molar-refractivity contribution in [2.24, 2.45) is 0 Å². The van der Waals surface area contributed by atoms with Crippen LogP contribution in [-0.4, -0.2) is 25.7 Å². The van der Waals surface area contributed by atoms with Gasteiger partial charge in [-0.1, -0.05) is 19.1 Å². The van der Waals surface area contributed by atoms with Gasteiger partial charge in [-0.05, 0) is 13.3 Å². The molecule has 0 unspecified atom stereocenters. The highest BCUT2D eigenvalue weighted by atomic mass is 16.5. The summed E-state index contributed by atoms with van der Waals surface area (Å²) in [5.41, 5.74) is 0.943. The number of hydrogen-bond donors (Lipinski definition) is 1. The fourth-order valence-electron chi connectivity index (χ4n) is 0.610. The van der Waals surface area contributed by atoms with E-state index in [1.165, 1.54) is 0 Å². The average molecular weight is 171 g/mol. The molecule has 70 valence electrons. The molecule has 0 heterocycles. The Morgan fingerprint density at radius 2 is 2.25 bits per heavy atom. The van der Waals surface area contributed by atoms with E-state index < -0.39 is 0 Å². The maximum atomic E-state index is 10.9. The van der Waals surface area contributed by atoms with Crippen LogP contribution >= 0.6 is 0 Å². The van der Waals surface area contributed by atoms with E-state index in [1.807, 2.05) is 13.8 Å². The molecule has 3 nitrogen and oxygen atoms in total. The number of ether oxygens (including phenoxy) is 1. The molecule has 0 aromatic carbocycles. The molecule has 1 amide bonds. The Kier molecular flexibility index (Phi) is 6.38. The van der Waals surface area contributed by atoms with Crippen LogP contribution < -0.4 is 5.32 Å². The molecule has 1 N–H and O–H groups in total. The van der Waals surface area contributed by atoms with Gasteiger partial charge in [-0.15, -0.1) is 0 Å². The van der Waals surface area contributed by atoms with E-state index in [1.54, 1.807) is 0 Å². The number of carbonyl (C=O) groups is 1. The van der Waals surface area contributed by atoms with Crippen LogP contribution in [-0.2, 0) is 9.53 Å². The van der Waals surface area contributed by atoms with Gasteiger partial charge in [0.05, 0.1) is 0 Å². The van der Waals surface area contributed by atoms with Crippen molar-refractivity contribution in [2.45, 2.75) is 20.3 Å². The summed E-state index contributed by atoms with van der Waals surface area (Å²) in [4.78, 5) is 10.9. The first-order chi connectivity index (χ1) is 5.66. The monoisotopic (exact) mass is 171 g/mol. The highest BCUT2D eigenvalue weighted by Gasteiger charge is 1.98. The predicted octanol–water partition coefficient (Wildman–Crippen LogP) is 1.11. The first kappa shape index (κ1) is 11.2. The molecule has 3 heteroatoms. The quantitative estimate of drug-likeness (QED) is 0.480. The lowest BCUT2D eigenvalue weighted by molar-refractivity contribution is -0.125. The molecule has 0 aliphatic carbocycles.